The number of rotatable bonds is 4. The van der Waals surface area contributed by atoms with Crippen LogP contribution in [0.3, 0.4) is 0 Å². The van der Waals surface area contributed by atoms with Gasteiger partial charge in [-0.15, -0.1) is 0 Å². The molecule has 0 unspecified atom stereocenters. The van der Waals surface area contributed by atoms with Crippen molar-refractivity contribution in [3.05, 3.63) is 75.8 Å². The number of nitrogens with zero attached hydrogens (tertiary/aromatic N) is 2. The largest absolute Gasteiger partial charge is 0.354 e. The first-order chi connectivity index (χ1) is 13.0. The molecule has 1 saturated heterocycles. The van der Waals surface area contributed by atoms with Crippen LogP contribution >= 0.6 is 23.4 Å². The molecule has 1 heterocycles. The first-order valence-corrected chi connectivity index (χ1v) is 9.47. The minimum Gasteiger partial charge on any atom is -0.354 e. The highest BCUT2D eigenvalue weighted by atomic mass is 35.5. The summed E-state index contributed by atoms with van der Waals surface area (Å²) in [4.78, 5) is 26.7. The number of benzene rings is 2. The van der Waals surface area contributed by atoms with Crippen molar-refractivity contribution < 1.29 is 9.59 Å². The maximum atomic E-state index is 13.1. The molecule has 3 rings (SSSR count). The van der Waals surface area contributed by atoms with Gasteiger partial charge in [-0.1, -0.05) is 53.7 Å². The molecule has 136 valence electrons. The number of hydrogen-bond donors (Lipinski definition) is 1. The van der Waals surface area contributed by atoms with Gasteiger partial charge in [0.25, 0.3) is 5.91 Å². The van der Waals surface area contributed by atoms with Crippen LogP contribution in [0.4, 0.5) is 5.69 Å². The predicted octanol–water partition coefficient (Wildman–Crippen LogP) is 3.51. The van der Waals surface area contributed by atoms with Gasteiger partial charge in [-0.25, -0.2) is 0 Å². The number of nitriles is 1. The van der Waals surface area contributed by atoms with Gasteiger partial charge in [0.05, 0.1) is 5.25 Å². The van der Waals surface area contributed by atoms with Crippen LogP contribution in [-0.4, -0.2) is 24.1 Å². The maximum absolute atomic E-state index is 13.1. The lowest BCUT2D eigenvalue weighted by molar-refractivity contribution is -0.117. The molecule has 5 nitrogen and oxygen atoms in total. The van der Waals surface area contributed by atoms with Crippen molar-refractivity contribution >= 4 is 40.9 Å². The molecule has 1 aliphatic rings. The molecule has 0 spiro atoms. The molecule has 1 N–H and O–H groups in total. The Morgan fingerprint density at radius 1 is 1.22 bits per heavy atom. The number of hydrogen-bond acceptors (Lipinski definition) is 4. The summed E-state index contributed by atoms with van der Waals surface area (Å²) in [5.74, 6) is -0.690. The Labute approximate surface area is 166 Å². The Bertz CT molecular complexity index is 936. The summed E-state index contributed by atoms with van der Waals surface area (Å²) in [7, 11) is 1.45. The van der Waals surface area contributed by atoms with Gasteiger partial charge in [-0.2, -0.15) is 5.26 Å². The van der Waals surface area contributed by atoms with E-state index in [1.807, 2.05) is 36.4 Å². The Balaban J connectivity index is 2.04. The van der Waals surface area contributed by atoms with Crippen LogP contribution in [0.1, 0.15) is 5.56 Å². The number of nitrogens with one attached hydrogen (secondary N) is 1. The number of halogens is 1. The van der Waals surface area contributed by atoms with Crippen LogP contribution in [-0.2, 0) is 16.0 Å². The van der Waals surface area contributed by atoms with E-state index in [2.05, 4.69) is 5.32 Å². The molecule has 0 aliphatic carbocycles. The summed E-state index contributed by atoms with van der Waals surface area (Å²) >= 11 is 7.19. The predicted molar refractivity (Wildman–Crippen MR) is 107 cm³/mol. The summed E-state index contributed by atoms with van der Waals surface area (Å²) in [6.45, 7) is 0. The Morgan fingerprint density at radius 3 is 2.48 bits per heavy atom. The molecule has 27 heavy (non-hydrogen) atoms. The third kappa shape index (κ3) is 4.00. The molecule has 2 aromatic rings. The molecule has 2 amide bonds. The smallest absolute Gasteiger partial charge is 0.264 e. The van der Waals surface area contributed by atoms with E-state index in [4.69, 9.17) is 11.6 Å². The molecular weight excluding hydrogens is 382 g/mol. The van der Waals surface area contributed by atoms with E-state index in [1.54, 1.807) is 24.3 Å². The van der Waals surface area contributed by atoms with E-state index >= 15 is 0 Å². The number of thioether (sulfide) groups is 1. The van der Waals surface area contributed by atoms with E-state index in [1.165, 1.54) is 23.7 Å². The van der Waals surface area contributed by atoms with Crippen molar-refractivity contribution in [2.24, 2.45) is 0 Å². The molecule has 0 aromatic heterocycles. The van der Waals surface area contributed by atoms with Gasteiger partial charge in [0.2, 0.25) is 5.91 Å². The summed E-state index contributed by atoms with van der Waals surface area (Å²) in [5.41, 5.74) is 1.50. The van der Waals surface area contributed by atoms with E-state index < -0.39 is 11.2 Å². The van der Waals surface area contributed by atoms with Crippen molar-refractivity contribution in [1.29, 1.82) is 5.26 Å². The van der Waals surface area contributed by atoms with Crippen LogP contribution in [0, 0.1) is 11.3 Å². The lowest BCUT2D eigenvalue weighted by Gasteiger charge is -2.18. The number of amides is 2. The SMILES string of the molecule is CNC(=O)/C(C#N)=C1\S[C@@H](Cc2ccccc2)C(=O)N1c1ccc(Cl)cc1. The summed E-state index contributed by atoms with van der Waals surface area (Å²) in [6, 6.07) is 18.3. The van der Waals surface area contributed by atoms with Gasteiger partial charge >= 0.3 is 0 Å². The topological polar surface area (TPSA) is 73.2 Å². The second-order valence-corrected chi connectivity index (χ2v) is 7.45. The Hall–Kier alpha value is -2.75. The van der Waals surface area contributed by atoms with Gasteiger partial charge in [-0.05, 0) is 36.2 Å². The minimum absolute atomic E-state index is 0.0821. The quantitative estimate of drug-likeness (QED) is 0.632. The summed E-state index contributed by atoms with van der Waals surface area (Å²) in [5, 5.41) is 12.4. The third-order valence-electron chi connectivity index (χ3n) is 4.08. The Kier molecular flexibility index (Phi) is 5.84. The second-order valence-electron chi connectivity index (χ2n) is 5.82. The standard InChI is InChI=1S/C20H16ClN3O2S/c1-23-18(25)16(12-22)20-24(15-9-7-14(21)8-10-15)19(26)17(27-20)11-13-5-3-2-4-6-13/h2-10,17H,11H2,1H3,(H,23,25)/b20-16-/t17-/m0/s1. The van der Waals surface area contributed by atoms with Crippen molar-refractivity contribution in [1.82, 2.24) is 5.32 Å². The fourth-order valence-corrected chi connectivity index (χ4v) is 4.20. The maximum Gasteiger partial charge on any atom is 0.264 e. The zero-order valence-electron chi connectivity index (χ0n) is 14.5. The number of carbonyl (C=O) groups is 2. The number of likely N-dealkylation sites (N-methyl/N-ethyl adjacent to an activating group) is 1. The van der Waals surface area contributed by atoms with Crippen molar-refractivity contribution in [2.45, 2.75) is 11.7 Å². The van der Waals surface area contributed by atoms with E-state index in [0.29, 0.717) is 22.2 Å². The van der Waals surface area contributed by atoms with Crippen molar-refractivity contribution in [3.63, 3.8) is 0 Å². The van der Waals surface area contributed by atoms with Gasteiger partial charge < -0.3 is 5.32 Å². The summed E-state index contributed by atoms with van der Waals surface area (Å²) < 4.78 is 0. The van der Waals surface area contributed by atoms with Gasteiger partial charge in [0.1, 0.15) is 16.7 Å². The van der Waals surface area contributed by atoms with Crippen molar-refractivity contribution in [2.75, 3.05) is 11.9 Å². The van der Waals surface area contributed by atoms with E-state index in [9.17, 15) is 14.9 Å². The lowest BCUT2D eigenvalue weighted by Crippen LogP contribution is -2.31. The van der Waals surface area contributed by atoms with Crippen LogP contribution in [0.5, 0.6) is 0 Å². The molecule has 7 heteroatoms. The fraction of sp³-hybridized carbons (Fsp3) is 0.150. The highest BCUT2D eigenvalue weighted by molar-refractivity contribution is 8.05. The monoisotopic (exact) mass is 397 g/mol. The first-order valence-electron chi connectivity index (χ1n) is 8.21. The average molecular weight is 398 g/mol. The van der Waals surface area contributed by atoms with Gasteiger partial charge in [-0.3, -0.25) is 14.5 Å². The number of anilines is 1. The van der Waals surface area contributed by atoms with E-state index in [-0.39, 0.29) is 11.5 Å². The van der Waals surface area contributed by atoms with Gasteiger partial charge in [0, 0.05) is 17.8 Å². The molecular formula is C20H16ClN3O2S. The third-order valence-corrected chi connectivity index (χ3v) is 5.60. The lowest BCUT2D eigenvalue weighted by atomic mass is 10.1. The van der Waals surface area contributed by atoms with Crippen molar-refractivity contribution in [3.8, 4) is 6.07 Å². The molecule has 0 saturated carbocycles. The number of carbonyl (C=O) groups excluding carboxylic acids is 2. The zero-order chi connectivity index (χ0) is 19.4. The summed E-state index contributed by atoms with van der Waals surface area (Å²) in [6.07, 6.45) is 0.504. The highest BCUT2D eigenvalue weighted by Gasteiger charge is 2.40. The van der Waals surface area contributed by atoms with Gasteiger partial charge in [0.15, 0.2) is 0 Å². The molecule has 0 radical (unpaired) electrons. The molecule has 2 aromatic carbocycles. The molecule has 0 bridgehead atoms. The highest BCUT2D eigenvalue weighted by Crippen LogP contribution is 2.42. The van der Waals surface area contributed by atoms with E-state index in [0.717, 1.165) is 5.56 Å². The Morgan fingerprint density at radius 2 is 1.89 bits per heavy atom. The van der Waals surface area contributed by atoms with Crippen LogP contribution in [0.2, 0.25) is 5.02 Å². The molecule has 1 aliphatic heterocycles. The van der Waals surface area contributed by atoms with Crippen LogP contribution in [0.25, 0.3) is 0 Å². The minimum atomic E-state index is -0.521. The second kappa shape index (κ2) is 8.30. The first kappa shape index (κ1) is 19.0. The molecule has 1 fully saturated rings. The zero-order valence-corrected chi connectivity index (χ0v) is 16.1. The molecule has 1 atom stereocenters. The normalized spacial score (nSPS) is 18.2. The van der Waals surface area contributed by atoms with Crippen LogP contribution < -0.4 is 10.2 Å². The fourth-order valence-electron chi connectivity index (χ4n) is 2.77. The van der Waals surface area contributed by atoms with Crippen LogP contribution in [0.15, 0.2) is 65.2 Å². The average Bonchev–Trinajstić information content (AvgIpc) is 3.00.